The normalized spacial score (nSPS) is 12.2. The van der Waals surface area contributed by atoms with Gasteiger partial charge < -0.3 is 5.32 Å². The molecule has 2 aromatic rings. The summed E-state index contributed by atoms with van der Waals surface area (Å²) in [5.74, 6) is 0. The van der Waals surface area contributed by atoms with Crippen molar-refractivity contribution in [2.45, 2.75) is 19.9 Å². The van der Waals surface area contributed by atoms with Crippen molar-refractivity contribution in [3.05, 3.63) is 63.6 Å². The molecule has 1 unspecified atom stereocenters. The third kappa shape index (κ3) is 2.98. The Morgan fingerprint density at radius 1 is 1.00 bits per heavy atom. The van der Waals surface area contributed by atoms with Gasteiger partial charge in [0.1, 0.15) is 0 Å². The maximum atomic E-state index is 6.21. The van der Waals surface area contributed by atoms with E-state index in [4.69, 9.17) is 23.2 Å². The van der Waals surface area contributed by atoms with E-state index in [9.17, 15) is 0 Å². The molecule has 0 fully saturated rings. The van der Waals surface area contributed by atoms with Gasteiger partial charge in [0, 0.05) is 5.69 Å². The monoisotopic (exact) mass is 279 g/mol. The molecular weight excluding hydrogens is 265 g/mol. The molecule has 94 valence electrons. The minimum Gasteiger partial charge on any atom is -0.378 e. The molecule has 0 amide bonds. The van der Waals surface area contributed by atoms with Crippen LogP contribution in [-0.2, 0) is 0 Å². The molecule has 0 spiro atoms. The summed E-state index contributed by atoms with van der Waals surface area (Å²) in [4.78, 5) is 0. The first-order valence-electron chi connectivity index (χ1n) is 5.85. The molecular formula is C15H15Cl2N. The Balaban J connectivity index is 2.19. The summed E-state index contributed by atoms with van der Waals surface area (Å²) in [6.07, 6.45) is 0. The highest BCUT2D eigenvalue weighted by Crippen LogP contribution is 2.31. The van der Waals surface area contributed by atoms with Crippen LogP contribution in [0.5, 0.6) is 0 Å². The summed E-state index contributed by atoms with van der Waals surface area (Å²) in [6.45, 7) is 4.14. The first kappa shape index (κ1) is 13.3. The molecule has 0 aliphatic heterocycles. The van der Waals surface area contributed by atoms with E-state index < -0.39 is 0 Å². The molecule has 2 aromatic carbocycles. The van der Waals surface area contributed by atoms with Crippen molar-refractivity contribution in [1.29, 1.82) is 0 Å². The third-order valence-electron chi connectivity index (χ3n) is 2.88. The lowest BCUT2D eigenvalue weighted by atomic mass is 10.1. The average Bonchev–Trinajstić information content (AvgIpc) is 2.35. The van der Waals surface area contributed by atoms with Crippen LogP contribution in [-0.4, -0.2) is 0 Å². The Morgan fingerprint density at radius 3 is 2.33 bits per heavy atom. The van der Waals surface area contributed by atoms with Crippen molar-refractivity contribution in [2.24, 2.45) is 0 Å². The van der Waals surface area contributed by atoms with Crippen LogP contribution in [0.4, 0.5) is 5.69 Å². The first-order chi connectivity index (χ1) is 8.58. The summed E-state index contributed by atoms with van der Waals surface area (Å²) in [5, 5.41) is 4.62. The van der Waals surface area contributed by atoms with E-state index in [0.717, 1.165) is 11.3 Å². The summed E-state index contributed by atoms with van der Waals surface area (Å²) >= 11 is 12.2. The van der Waals surface area contributed by atoms with Gasteiger partial charge in [0.05, 0.1) is 16.1 Å². The topological polar surface area (TPSA) is 12.0 Å². The number of rotatable bonds is 3. The van der Waals surface area contributed by atoms with Crippen LogP contribution >= 0.6 is 23.2 Å². The van der Waals surface area contributed by atoms with Crippen LogP contribution in [0.1, 0.15) is 24.1 Å². The van der Waals surface area contributed by atoms with Crippen molar-refractivity contribution in [1.82, 2.24) is 0 Å². The molecule has 0 saturated carbocycles. The Labute approximate surface area is 118 Å². The van der Waals surface area contributed by atoms with Crippen LogP contribution in [0.2, 0.25) is 10.0 Å². The van der Waals surface area contributed by atoms with E-state index in [2.05, 4.69) is 43.4 Å². The lowest BCUT2D eigenvalue weighted by Gasteiger charge is -2.17. The van der Waals surface area contributed by atoms with E-state index in [0.29, 0.717) is 10.0 Å². The maximum absolute atomic E-state index is 6.21. The summed E-state index contributed by atoms with van der Waals surface area (Å²) in [5.41, 5.74) is 3.32. The molecule has 0 heterocycles. The van der Waals surface area contributed by atoms with Crippen molar-refractivity contribution in [2.75, 3.05) is 5.32 Å². The highest BCUT2D eigenvalue weighted by Gasteiger charge is 2.11. The number of anilines is 1. The van der Waals surface area contributed by atoms with E-state index in [1.54, 1.807) is 6.07 Å². The molecule has 18 heavy (non-hydrogen) atoms. The maximum Gasteiger partial charge on any atom is 0.0644 e. The SMILES string of the molecule is Cc1ccc(NC(C)c2cccc(Cl)c2Cl)cc1. The van der Waals surface area contributed by atoms with Gasteiger partial charge >= 0.3 is 0 Å². The molecule has 0 bridgehead atoms. The number of halogens is 2. The largest absolute Gasteiger partial charge is 0.378 e. The standard InChI is InChI=1S/C15H15Cl2N/c1-10-6-8-12(9-7-10)18-11(2)13-4-3-5-14(16)15(13)17/h3-9,11,18H,1-2H3. The molecule has 0 aromatic heterocycles. The predicted molar refractivity (Wildman–Crippen MR) is 79.7 cm³/mol. The van der Waals surface area contributed by atoms with Gasteiger partial charge in [0.2, 0.25) is 0 Å². The minimum atomic E-state index is 0.110. The number of nitrogens with one attached hydrogen (secondary N) is 1. The van der Waals surface area contributed by atoms with Gasteiger partial charge in [-0.1, -0.05) is 53.0 Å². The lowest BCUT2D eigenvalue weighted by molar-refractivity contribution is 0.885. The molecule has 3 heteroatoms. The Hall–Kier alpha value is -1.18. The molecule has 1 nitrogen and oxygen atoms in total. The number of benzene rings is 2. The van der Waals surface area contributed by atoms with E-state index >= 15 is 0 Å². The van der Waals surface area contributed by atoms with Crippen molar-refractivity contribution in [3.8, 4) is 0 Å². The molecule has 0 saturated heterocycles. The summed E-state index contributed by atoms with van der Waals surface area (Å²) in [6, 6.07) is 14.1. The van der Waals surface area contributed by atoms with Gasteiger partial charge in [-0.15, -0.1) is 0 Å². The van der Waals surface area contributed by atoms with Crippen molar-refractivity contribution in [3.63, 3.8) is 0 Å². The van der Waals surface area contributed by atoms with Gasteiger partial charge in [0.25, 0.3) is 0 Å². The number of hydrogen-bond donors (Lipinski definition) is 1. The Bertz CT molecular complexity index is 535. The molecule has 0 aliphatic carbocycles. The first-order valence-corrected chi connectivity index (χ1v) is 6.60. The summed E-state index contributed by atoms with van der Waals surface area (Å²) < 4.78 is 0. The second kappa shape index (κ2) is 5.64. The number of hydrogen-bond acceptors (Lipinski definition) is 1. The zero-order valence-electron chi connectivity index (χ0n) is 10.4. The second-order valence-electron chi connectivity index (χ2n) is 4.38. The highest BCUT2D eigenvalue weighted by molar-refractivity contribution is 6.42. The van der Waals surface area contributed by atoms with Crippen LogP contribution in [0.3, 0.4) is 0 Å². The zero-order valence-corrected chi connectivity index (χ0v) is 11.9. The quantitative estimate of drug-likeness (QED) is 0.785. The fraction of sp³-hybridized carbons (Fsp3) is 0.200. The predicted octanol–water partition coefficient (Wildman–Crippen LogP) is 5.47. The van der Waals surface area contributed by atoms with E-state index in [1.165, 1.54) is 5.56 Å². The summed E-state index contributed by atoms with van der Waals surface area (Å²) in [7, 11) is 0. The molecule has 2 rings (SSSR count). The lowest BCUT2D eigenvalue weighted by Crippen LogP contribution is -2.07. The molecule has 1 N–H and O–H groups in total. The van der Waals surface area contributed by atoms with Crippen LogP contribution < -0.4 is 5.32 Å². The third-order valence-corrected chi connectivity index (χ3v) is 3.72. The van der Waals surface area contributed by atoms with Gasteiger partial charge in [-0.25, -0.2) is 0 Å². The van der Waals surface area contributed by atoms with Crippen molar-refractivity contribution < 1.29 is 0 Å². The van der Waals surface area contributed by atoms with Gasteiger partial charge in [-0.05, 0) is 37.6 Å². The highest BCUT2D eigenvalue weighted by atomic mass is 35.5. The zero-order chi connectivity index (χ0) is 13.1. The Kier molecular flexibility index (Phi) is 4.15. The minimum absolute atomic E-state index is 0.110. The van der Waals surface area contributed by atoms with Crippen molar-refractivity contribution >= 4 is 28.9 Å². The van der Waals surface area contributed by atoms with Gasteiger partial charge in [-0.3, -0.25) is 0 Å². The van der Waals surface area contributed by atoms with Crippen LogP contribution in [0.15, 0.2) is 42.5 Å². The van der Waals surface area contributed by atoms with E-state index in [1.807, 2.05) is 12.1 Å². The number of aryl methyl sites for hydroxylation is 1. The smallest absolute Gasteiger partial charge is 0.0644 e. The average molecular weight is 280 g/mol. The van der Waals surface area contributed by atoms with Crippen LogP contribution in [0.25, 0.3) is 0 Å². The molecule has 0 aliphatic rings. The fourth-order valence-electron chi connectivity index (χ4n) is 1.83. The fourth-order valence-corrected chi connectivity index (χ4v) is 2.30. The molecule has 1 atom stereocenters. The van der Waals surface area contributed by atoms with Gasteiger partial charge in [0.15, 0.2) is 0 Å². The Morgan fingerprint density at radius 2 is 1.67 bits per heavy atom. The molecule has 0 radical (unpaired) electrons. The van der Waals surface area contributed by atoms with Gasteiger partial charge in [-0.2, -0.15) is 0 Å². The van der Waals surface area contributed by atoms with E-state index in [-0.39, 0.29) is 6.04 Å². The second-order valence-corrected chi connectivity index (χ2v) is 5.16. The van der Waals surface area contributed by atoms with Crippen LogP contribution in [0, 0.1) is 6.92 Å².